The molecule has 156 valence electrons. The molecule has 1 N–H and O–H groups in total. The first-order valence-electron chi connectivity index (χ1n) is 9.75. The minimum Gasteiger partial charge on any atom is -0.477 e. The number of nitrogens with zero attached hydrogens (tertiary/aromatic N) is 4. The number of carbonyl (C=O) groups is 1. The van der Waals surface area contributed by atoms with E-state index in [4.69, 9.17) is 0 Å². The molecule has 1 aliphatic heterocycles. The molecule has 0 radical (unpaired) electrons. The van der Waals surface area contributed by atoms with Gasteiger partial charge in [0, 0.05) is 5.69 Å². The predicted octanol–water partition coefficient (Wildman–Crippen LogP) is 4.55. The fraction of sp³-hybridized carbons (Fsp3) is 0.174. The Balaban J connectivity index is 1.65. The smallest absolute Gasteiger partial charge is 0.354 e. The van der Waals surface area contributed by atoms with Gasteiger partial charge in [0.1, 0.15) is 0 Å². The number of halogens is 2. The number of hydrogen-bond acceptors (Lipinski definition) is 4. The molecule has 1 saturated heterocycles. The summed E-state index contributed by atoms with van der Waals surface area (Å²) < 4.78 is 28.0. The van der Waals surface area contributed by atoms with Crippen LogP contribution in [-0.2, 0) is 0 Å². The Morgan fingerprint density at radius 1 is 1.03 bits per heavy atom. The second-order valence-corrected chi connectivity index (χ2v) is 7.65. The molecule has 31 heavy (non-hydrogen) atoms. The summed E-state index contributed by atoms with van der Waals surface area (Å²) in [5.74, 6) is -3.78. The fourth-order valence-corrected chi connectivity index (χ4v) is 3.92. The molecule has 0 spiro atoms. The lowest BCUT2D eigenvalue weighted by Gasteiger charge is -2.40. The van der Waals surface area contributed by atoms with E-state index in [9.17, 15) is 18.7 Å². The van der Waals surface area contributed by atoms with Crippen molar-refractivity contribution in [1.29, 1.82) is 0 Å². The monoisotopic (exact) mass is 420 g/mol. The average Bonchev–Trinajstić information content (AvgIpc) is 3.09. The van der Waals surface area contributed by atoms with Gasteiger partial charge in [-0.15, -0.1) is 0 Å². The van der Waals surface area contributed by atoms with Crippen LogP contribution in [0.4, 0.5) is 14.5 Å². The molecule has 0 unspecified atom stereocenters. The fourth-order valence-electron chi connectivity index (χ4n) is 3.92. The Labute approximate surface area is 176 Å². The molecule has 2 aromatic heterocycles. The lowest BCUT2D eigenvalue weighted by molar-refractivity contribution is -0.0262. The van der Waals surface area contributed by atoms with Crippen molar-refractivity contribution in [1.82, 2.24) is 14.8 Å². The zero-order chi connectivity index (χ0) is 21.8. The first-order chi connectivity index (χ1) is 14.8. The Morgan fingerprint density at radius 3 is 2.32 bits per heavy atom. The molecule has 4 aromatic rings. The molecule has 2 aromatic carbocycles. The molecule has 0 saturated carbocycles. The number of aromatic carboxylic acids is 1. The van der Waals surface area contributed by atoms with Gasteiger partial charge in [-0.2, -0.15) is 5.10 Å². The van der Waals surface area contributed by atoms with Crippen LogP contribution < -0.4 is 4.90 Å². The van der Waals surface area contributed by atoms with Crippen molar-refractivity contribution < 1.29 is 18.7 Å². The van der Waals surface area contributed by atoms with Crippen LogP contribution in [0.1, 0.15) is 16.2 Å². The number of aromatic nitrogens is 3. The van der Waals surface area contributed by atoms with E-state index in [2.05, 4.69) is 10.1 Å². The van der Waals surface area contributed by atoms with E-state index >= 15 is 0 Å². The third-order valence-electron chi connectivity index (χ3n) is 5.42. The molecular formula is C23H18F2N4O2. The topological polar surface area (TPSA) is 71.2 Å². The number of hydrogen-bond donors (Lipinski definition) is 1. The molecule has 3 heterocycles. The summed E-state index contributed by atoms with van der Waals surface area (Å²) in [5, 5.41) is 15.0. The Hall–Kier alpha value is -3.81. The quantitative estimate of drug-likeness (QED) is 0.525. The van der Waals surface area contributed by atoms with Gasteiger partial charge in [0.05, 0.1) is 29.9 Å². The number of para-hydroxylation sites is 1. The van der Waals surface area contributed by atoms with E-state index in [1.165, 1.54) is 6.07 Å². The number of anilines is 1. The van der Waals surface area contributed by atoms with E-state index in [1.54, 1.807) is 21.7 Å². The summed E-state index contributed by atoms with van der Waals surface area (Å²) in [6.45, 7) is 1.26. The average molecular weight is 420 g/mol. The second-order valence-electron chi connectivity index (χ2n) is 7.65. The standard InChI is InChI=1S/C23H18F2N4O2/c1-14-20-18(15-7-9-16(10-8-15)28-12-23(24,25)13-28)11-19(22(30)31)26-21(20)29(27-14)17-5-3-2-4-6-17/h2-11H,12-13H2,1H3,(H,30,31). The van der Waals surface area contributed by atoms with Gasteiger partial charge in [-0.3, -0.25) is 0 Å². The molecule has 6 nitrogen and oxygen atoms in total. The van der Waals surface area contributed by atoms with Crippen molar-refractivity contribution in [3.8, 4) is 16.8 Å². The van der Waals surface area contributed by atoms with Gasteiger partial charge in [0.15, 0.2) is 11.3 Å². The van der Waals surface area contributed by atoms with E-state index in [1.807, 2.05) is 49.4 Å². The number of fused-ring (bicyclic) bond motifs is 1. The zero-order valence-corrected chi connectivity index (χ0v) is 16.6. The van der Waals surface area contributed by atoms with Crippen molar-refractivity contribution >= 4 is 22.7 Å². The van der Waals surface area contributed by atoms with Crippen LogP contribution in [0, 0.1) is 6.92 Å². The predicted molar refractivity (Wildman–Crippen MR) is 113 cm³/mol. The Bertz CT molecular complexity index is 1290. The Morgan fingerprint density at radius 2 is 1.71 bits per heavy atom. The van der Waals surface area contributed by atoms with Gasteiger partial charge in [0.2, 0.25) is 0 Å². The zero-order valence-electron chi connectivity index (χ0n) is 16.6. The van der Waals surface area contributed by atoms with Crippen molar-refractivity contribution in [2.24, 2.45) is 0 Å². The van der Waals surface area contributed by atoms with E-state index in [0.717, 1.165) is 16.6 Å². The van der Waals surface area contributed by atoms with Crippen LogP contribution in [-0.4, -0.2) is 44.9 Å². The summed E-state index contributed by atoms with van der Waals surface area (Å²) in [6, 6.07) is 18.1. The van der Waals surface area contributed by atoms with Gasteiger partial charge >= 0.3 is 5.97 Å². The van der Waals surface area contributed by atoms with Crippen molar-refractivity contribution in [2.75, 3.05) is 18.0 Å². The van der Waals surface area contributed by atoms with Crippen LogP contribution in [0.2, 0.25) is 0 Å². The summed E-state index contributed by atoms with van der Waals surface area (Å²) in [4.78, 5) is 17.7. The number of carboxylic acid groups (broad SMARTS) is 1. The summed E-state index contributed by atoms with van der Waals surface area (Å²) in [6.07, 6.45) is 0. The molecule has 5 rings (SSSR count). The SMILES string of the molecule is Cc1nn(-c2ccccc2)c2nc(C(=O)O)cc(-c3ccc(N4CC(F)(F)C4)cc3)c12. The minimum absolute atomic E-state index is 0.0916. The number of aryl methyl sites for hydroxylation is 1. The summed E-state index contributed by atoms with van der Waals surface area (Å²) in [5.41, 5.74) is 4.00. The van der Waals surface area contributed by atoms with Crippen LogP contribution in [0.3, 0.4) is 0 Å². The van der Waals surface area contributed by atoms with Crippen LogP contribution in [0.15, 0.2) is 60.7 Å². The third kappa shape index (κ3) is 3.30. The van der Waals surface area contributed by atoms with Gasteiger partial charge in [-0.05, 0) is 48.4 Å². The lowest BCUT2D eigenvalue weighted by Crippen LogP contribution is -2.56. The lowest BCUT2D eigenvalue weighted by atomic mass is 10.00. The molecule has 1 aliphatic rings. The molecule has 0 aliphatic carbocycles. The maximum absolute atomic E-state index is 13.2. The molecule has 1 fully saturated rings. The van der Waals surface area contributed by atoms with Crippen molar-refractivity contribution in [2.45, 2.75) is 12.8 Å². The van der Waals surface area contributed by atoms with Crippen molar-refractivity contribution in [3.63, 3.8) is 0 Å². The molecular weight excluding hydrogens is 402 g/mol. The summed E-state index contributed by atoms with van der Waals surface area (Å²) in [7, 11) is 0. The highest BCUT2D eigenvalue weighted by Gasteiger charge is 2.43. The van der Waals surface area contributed by atoms with Crippen LogP contribution in [0.25, 0.3) is 27.8 Å². The van der Waals surface area contributed by atoms with Crippen LogP contribution >= 0.6 is 0 Å². The summed E-state index contributed by atoms with van der Waals surface area (Å²) >= 11 is 0. The highest BCUT2D eigenvalue weighted by Crippen LogP contribution is 2.35. The van der Waals surface area contributed by atoms with Gasteiger partial charge in [-0.1, -0.05) is 30.3 Å². The Kier molecular flexibility index (Phi) is 4.25. The number of pyridine rings is 1. The number of benzene rings is 2. The minimum atomic E-state index is -2.64. The van der Waals surface area contributed by atoms with Gasteiger partial charge in [0.25, 0.3) is 5.92 Å². The number of carboxylic acids is 1. The first kappa shape index (κ1) is 19.2. The highest BCUT2D eigenvalue weighted by molar-refractivity contribution is 6.00. The normalized spacial score (nSPS) is 15.1. The third-order valence-corrected chi connectivity index (χ3v) is 5.42. The van der Waals surface area contributed by atoms with E-state index < -0.39 is 11.9 Å². The van der Waals surface area contributed by atoms with Crippen LogP contribution in [0.5, 0.6) is 0 Å². The van der Waals surface area contributed by atoms with E-state index in [-0.39, 0.29) is 18.8 Å². The largest absolute Gasteiger partial charge is 0.477 e. The highest BCUT2D eigenvalue weighted by atomic mass is 19.3. The van der Waals surface area contributed by atoms with Crippen molar-refractivity contribution in [3.05, 3.63) is 72.1 Å². The number of rotatable bonds is 4. The molecule has 0 atom stereocenters. The maximum Gasteiger partial charge on any atom is 0.354 e. The maximum atomic E-state index is 13.2. The first-order valence-corrected chi connectivity index (χ1v) is 9.75. The molecule has 0 amide bonds. The number of alkyl halides is 2. The second kappa shape index (κ2) is 6.87. The molecule has 0 bridgehead atoms. The van der Waals surface area contributed by atoms with E-state index in [0.29, 0.717) is 22.6 Å². The van der Waals surface area contributed by atoms with Gasteiger partial charge in [-0.25, -0.2) is 23.2 Å². The molecule has 8 heteroatoms. The van der Waals surface area contributed by atoms with Gasteiger partial charge < -0.3 is 10.0 Å².